The predicted molar refractivity (Wildman–Crippen MR) is 128 cm³/mol. The van der Waals surface area contributed by atoms with Gasteiger partial charge in [-0.3, -0.25) is 0 Å². The number of rotatable bonds is 7. The van der Waals surface area contributed by atoms with Crippen molar-refractivity contribution in [3.8, 4) is 34.2 Å². The lowest BCUT2D eigenvalue weighted by Crippen LogP contribution is -2.20. The number of nitrogens with zero attached hydrogens (tertiary/aromatic N) is 8. The minimum absolute atomic E-state index is 0.283. The number of esters is 1. The van der Waals surface area contributed by atoms with Gasteiger partial charge < -0.3 is 9.47 Å². The molecule has 0 radical (unpaired) electrons. The maximum Gasteiger partial charge on any atom is 0.337 e. The minimum Gasteiger partial charge on any atom is -0.487 e. The molecule has 0 fully saturated rings. The van der Waals surface area contributed by atoms with Crippen molar-refractivity contribution in [2.24, 2.45) is 0 Å². The Hall–Kier alpha value is -5.11. The summed E-state index contributed by atoms with van der Waals surface area (Å²) in [7, 11) is 1.35. The van der Waals surface area contributed by atoms with Gasteiger partial charge in [-0.15, -0.1) is 5.10 Å². The zero-order valence-electron chi connectivity index (χ0n) is 19.4. The molecule has 1 atom stereocenters. The van der Waals surface area contributed by atoms with E-state index in [1.165, 1.54) is 13.4 Å². The highest BCUT2D eigenvalue weighted by atomic mass is 16.5. The molecule has 2 aromatic carbocycles. The van der Waals surface area contributed by atoms with Crippen molar-refractivity contribution in [1.82, 2.24) is 34.8 Å². The lowest BCUT2D eigenvalue weighted by molar-refractivity contribution is 0.0600. The fraction of sp³-hybridized carbons (Fsp3) is 0.160. The summed E-state index contributed by atoms with van der Waals surface area (Å²) in [5, 5.41) is 25.1. The summed E-state index contributed by atoms with van der Waals surface area (Å²) in [6.45, 7) is 2.30. The van der Waals surface area contributed by atoms with Crippen molar-refractivity contribution in [2.75, 3.05) is 7.11 Å². The molecular formula is C25H20N8O3. The number of carbonyl (C=O) groups is 1. The van der Waals surface area contributed by atoms with E-state index in [-0.39, 0.29) is 6.10 Å². The van der Waals surface area contributed by atoms with Crippen LogP contribution in [0.25, 0.3) is 28.0 Å². The smallest absolute Gasteiger partial charge is 0.337 e. The highest BCUT2D eigenvalue weighted by molar-refractivity contribution is 5.92. The van der Waals surface area contributed by atoms with E-state index in [0.717, 1.165) is 16.7 Å². The third kappa shape index (κ3) is 4.47. The van der Waals surface area contributed by atoms with E-state index in [0.29, 0.717) is 34.8 Å². The van der Waals surface area contributed by atoms with Gasteiger partial charge in [0.25, 0.3) is 0 Å². The van der Waals surface area contributed by atoms with E-state index in [1.807, 2.05) is 31.3 Å². The molecule has 0 saturated carbocycles. The highest BCUT2D eigenvalue weighted by Gasteiger charge is 2.15. The summed E-state index contributed by atoms with van der Waals surface area (Å²) >= 11 is 0. The highest BCUT2D eigenvalue weighted by Crippen LogP contribution is 2.30. The van der Waals surface area contributed by atoms with Gasteiger partial charge in [0.15, 0.2) is 5.65 Å². The van der Waals surface area contributed by atoms with E-state index >= 15 is 0 Å². The normalized spacial score (nSPS) is 11.7. The second kappa shape index (κ2) is 9.63. The van der Waals surface area contributed by atoms with Crippen molar-refractivity contribution >= 4 is 11.6 Å². The van der Waals surface area contributed by atoms with Gasteiger partial charge in [-0.2, -0.15) is 10.4 Å². The number of aromatic nitrogens is 7. The molecule has 5 aromatic rings. The molecule has 36 heavy (non-hydrogen) atoms. The fourth-order valence-electron chi connectivity index (χ4n) is 3.82. The number of fused-ring (bicyclic) bond motifs is 1. The standard InChI is InChI=1S/C25H20N8O3/c1-16(14-32-15-27-30-31-32)36-23-11-18(6-7-20(23)12-26)22-8-9-33-24(29-22)21(13-28-33)17-4-3-5-19(10-17)25(34)35-2/h3-11,13,15-16H,14H2,1-2H3. The maximum absolute atomic E-state index is 12.0. The molecule has 0 saturated heterocycles. The number of ether oxygens (including phenoxy) is 2. The lowest BCUT2D eigenvalue weighted by atomic mass is 10.1. The average molecular weight is 480 g/mol. The second-order valence-electron chi connectivity index (χ2n) is 7.99. The number of hydrogen-bond donors (Lipinski definition) is 0. The van der Waals surface area contributed by atoms with Gasteiger partial charge in [-0.1, -0.05) is 18.2 Å². The number of carbonyl (C=O) groups excluding carboxylic acids is 1. The van der Waals surface area contributed by atoms with E-state index in [2.05, 4.69) is 26.7 Å². The van der Waals surface area contributed by atoms with Gasteiger partial charge in [-0.25, -0.2) is 19.0 Å². The topological polar surface area (TPSA) is 133 Å². The third-order valence-electron chi connectivity index (χ3n) is 5.53. The Balaban J connectivity index is 1.49. The molecule has 1 unspecified atom stereocenters. The quantitative estimate of drug-likeness (QED) is 0.322. The largest absolute Gasteiger partial charge is 0.487 e. The number of tetrazole rings is 1. The molecule has 5 rings (SSSR count). The van der Waals surface area contributed by atoms with Crippen molar-refractivity contribution in [3.05, 3.63) is 78.4 Å². The van der Waals surface area contributed by atoms with Gasteiger partial charge in [0.2, 0.25) is 0 Å². The lowest BCUT2D eigenvalue weighted by Gasteiger charge is -2.16. The van der Waals surface area contributed by atoms with Gasteiger partial charge in [0, 0.05) is 17.3 Å². The first-order valence-corrected chi connectivity index (χ1v) is 11.0. The van der Waals surface area contributed by atoms with Crippen LogP contribution in [-0.4, -0.2) is 54.0 Å². The van der Waals surface area contributed by atoms with E-state index in [1.54, 1.807) is 45.7 Å². The first-order valence-electron chi connectivity index (χ1n) is 11.0. The number of nitriles is 1. The summed E-state index contributed by atoms with van der Waals surface area (Å²) in [4.78, 5) is 16.8. The zero-order chi connectivity index (χ0) is 25.1. The monoisotopic (exact) mass is 480 g/mol. The average Bonchev–Trinajstić information content (AvgIpc) is 3.57. The van der Waals surface area contributed by atoms with Gasteiger partial charge >= 0.3 is 5.97 Å². The Morgan fingerprint density at radius 2 is 2.06 bits per heavy atom. The van der Waals surface area contributed by atoms with Crippen molar-refractivity contribution in [1.29, 1.82) is 5.26 Å². The fourth-order valence-corrected chi connectivity index (χ4v) is 3.82. The van der Waals surface area contributed by atoms with Crippen molar-refractivity contribution in [2.45, 2.75) is 19.6 Å². The van der Waals surface area contributed by atoms with E-state index in [9.17, 15) is 10.1 Å². The third-order valence-corrected chi connectivity index (χ3v) is 5.53. The summed E-state index contributed by atoms with van der Waals surface area (Å²) < 4.78 is 14.1. The van der Waals surface area contributed by atoms with Gasteiger partial charge in [0.1, 0.15) is 24.3 Å². The Morgan fingerprint density at radius 1 is 1.17 bits per heavy atom. The Bertz CT molecular complexity index is 1590. The van der Waals surface area contributed by atoms with E-state index < -0.39 is 5.97 Å². The molecule has 3 heterocycles. The molecule has 3 aromatic heterocycles. The van der Waals surface area contributed by atoms with Crippen LogP contribution in [0.3, 0.4) is 0 Å². The van der Waals surface area contributed by atoms with Crippen LogP contribution in [0.15, 0.2) is 67.3 Å². The first kappa shape index (κ1) is 22.7. The second-order valence-corrected chi connectivity index (χ2v) is 7.99. The van der Waals surface area contributed by atoms with Crippen LogP contribution in [0.4, 0.5) is 0 Å². The summed E-state index contributed by atoms with van der Waals surface area (Å²) in [6, 6.07) is 16.4. The maximum atomic E-state index is 12.0. The number of hydrogen-bond acceptors (Lipinski definition) is 9. The molecule has 0 aliphatic rings. The first-order chi connectivity index (χ1) is 17.6. The molecule has 11 heteroatoms. The van der Waals surface area contributed by atoms with E-state index in [4.69, 9.17) is 14.5 Å². The van der Waals surface area contributed by atoms with Crippen LogP contribution in [0.5, 0.6) is 5.75 Å². The summed E-state index contributed by atoms with van der Waals surface area (Å²) in [5.74, 6) is 0.0261. The Morgan fingerprint density at radius 3 is 2.83 bits per heavy atom. The molecule has 0 bridgehead atoms. The molecule has 0 spiro atoms. The Labute approximate surface area is 205 Å². The summed E-state index contributed by atoms with van der Waals surface area (Å²) in [6.07, 6.45) is 4.74. The minimum atomic E-state index is -0.415. The Kier molecular flexibility index (Phi) is 6.07. The molecule has 0 aliphatic carbocycles. The molecule has 0 aliphatic heterocycles. The van der Waals surface area contributed by atoms with Gasteiger partial charge in [0.05, 0.1) is 36.7 Å². The van der Waals surface area contributed by atoms with Crippen LogP contribution in [0.2, 0.25) is 0 Å². The summed E-state index contributed by atoms with van der Waals surface area (Å²) in [5.41, 5.74) is 4.48. The van der Waals surface area contributed by atoms with Crippen LogP contribution in [0, 0.1) is 11.3 Å². The van der Waals surface area contributed by atoms with Crippen LogP contribution in [-0.2, 0) is 11.3 Å². The van der Waals surface area contributed by atoms with Crippen molar-refractivity contribution in [3.63, 3.8) is 0 Å². The molecule has 11 nitrogen and oxygen atoms in total. The van der Waals surface area contributed by atoms with Crippen LogP contribution >= 0.6 is 0 Å². The molecule has 0 N–H and O–H groups in total. The van der Waals surface area contributed by atoms with Gasteiger partial charge in [-0.05, 0) is 53.2 Å². The van der Waals surface area contributed by atoms with Crippen LogP contribution in [0.1, 0.15) is 22.8 Å². The van der Waals surface area contributed by atoms with Crippen molar-refractivity contribution < 1.29 is 14.3 Å². The predicted octanol–water partition coefficient (Wildman–Crippen LogP) is 3.18. The SMILES string of the molecule is COC(=O)c1cccc(-c2cnn3ccc(-c4ccc(C#N)c(OC(C)Cn5cnnn5)c4)nc23)c1. The number of methoxy groups -OCH3 is 1. The number of benzene rings is 2. The molecule has 0 amide bonds. The zero-order valence-corrected chi connectivity index (χ0v) is 19.4. The van der Waals surface area contributed by atoms with Crippen LogP contribution < -0.4 is 4.74 Å². The molecular weight excluding hydrogens is 460 g/mol. The molecule has 178 valence electrons.